The van der Waals surface area contributed by atoms with Gasteiger partial charge in [0.2, 0.25) is 0 Å². The minimum Gasteiger partial charge on any atom is -0.377 e. The molecule has 1 aromatic heterocycles. The van der Waals surface area contributed by atoms with E-state index in [2.05, 4.69) is 20.5 Å². The van der Waals surface area contributed by atoms with Crippen LogP contribution in [0.4, 0.5) is 16.2 Å². The number of carbonyl (C=O) groups is 1. The summed E-state index contributed by atoms with van der Waals surface area (Å²) in [4.78, 5) is 17.4. The summed E-state index contributed by atoms with van der Waals surface area (Å²) < 4.78 is 0. The Hall–Kier alpha value is -2.95. The molecule has 2 amide bonds. The molecule has 0 saturated carbocycles. The number of aromatic amines is 1. The molecule has 0 unspecified atom stereocenters. The van der Waals surface area contributed by atoms with Gasteiger partial charge in [-0.2, -0.15) is 0 Å². The molecule has 2 aromatic carbocycles. The van der Waals surface area contributed by atoms with Gasteiger partial charge in [0.25, 0.3) is 0 Å². The maximum Gasteiger partial charge on any atom is 0.319 e. The van der Waals surface area contributed by atoms with E-state index >= 15 is 0 Å². The van der Waals surface area contributed by atoms with Crippen LogP contribution in [0.2, 0.25) is 0 Å². The van der Waals surface area contributed by atoms with Gasteiger partial charge in [0, 0.05) is 36.7 Å². The second kappa shape index (κ2) is 6.66. The summed E-state index contributed by atoms with van der Waals surface area (Å²) >= 11 is 0. The summed E-state index contributed by atoms with van der Waals surface area (Å²) in [6.45, 7) is 2.48. The molecule has 124 valence electrons. The maximum atomic E-state index is 12.1. The van der Waals surface area contributed by atoms with Crippen LogP contribution >= 0.6 is 0 Å². The van der Waals surface area contributed by atoms with Crippen molar-refractivity contribution >= 4 is 28.3 Å². The maximum absolute atomic E-state index is 12.1. The lowest BCUT2D eigenvalue weighted by Crippen LogP contribution is -2.28. The highest BCUT2D eigenvalue weighted by atomic mass is 16.2. The molecule has 24 heavy (non-hydrogen) atoms. The first-order valence-electron chi connectivity index (χ1n) is 7.92. The van der Waals surface area contributed by atoms with E-state index in [9.17, 15) is 4.79 Å². The highest BCUT2D eigenvalue weighted by molar-refractivity contribution is 5.89. The van der Waals surface area contributed by atoms with Gasteiger partial charge in [0.05, 0.1) is 6.54 Å². The number of fused-ring (bicyclic) bond motifs is 1. The number of anilines is 2. The summed E-state index contributed by atoms with van der Waals surface area (Å²) in [7, 11) is 4.00. The van der Waals surface area contributed by atoms with Gasteiger partial charge in [-0.3, -0.25) is 0 Å². The van der Waals surface area contributed by atoms with Crippen LogP contribution in [-0.4, -0.2) is 25.1 Å². The van der Waals surface area contributed by atoms with Crippen LogP contribution < -0.4 is 15.5 Å². The summed E-state index contributed by atoms with van der Waals surface area (Å²) in [6, 6.07) is 15.8. The number of hydrogen-bond donors (Lipinski definition) is 3. The summed E-state index contributed by atoms with van der Waals surface area (Å²) in [6.07, 6.45) is 0. The van der Waals surface area contributed by atoms with Crippen molar-refractivity contribution in [2.75, 3.05) is 24.3 Å². The topological polar surface area (TPSA) is 60.2 Å². The number of amides is 2. The normalized spacial score (nSPS) is 10.6. The van der Waals surface area contributed by atoms with Crippen molar-refractivity contribution in [1.29, 1.82) is 0 Å². The Bertz CT molecular complexity index is 834. The van der Waals surface area contributed by atoms with E-state index in [1.165, 1.54) is 0 Å². The molecule has 0 radical (unpaired) electrons. The molecule has 0 aliphatic rings. The van der Waals surface area contributed by atoms with Crippen molar-refractivity contribution in [3.05, 3.63) is 59.8 Å². The van der Waals surface area contributed by atoms with E-state index in [1.54, 1.807) is 0 Å². The van der Waals surface area contributed by atoms with E-state index in [-0.39, 0.29) is 6.03 Å². The number of hydrogen-bond acceptors (Lipinski definition) is 2. The van der Waals surface area contributed by atoms with Crippen LogP contribution in [0.25, 0.3) is 10.9 Å². The Morgan fingerprint density at radius 1 is 1.12 bits per heavy atom. The Morgan fingerprint density at radius 2 is 1.92 bits per heavy atom. The van der Waals surface area contributed by atoms with Crippen molar-refractivity contribution in [3.8, 4) is 0 Å². The third-order valence-corrected chi connectivity index (χ3v) is 3.96. The third kappa shape index (κ3) is 3.51. The van der Waals surface area contributed by atoms with Crippen LogP contribution in [0.3, 0.4) is 0 Å². The first-order valence-corrected chi connectivity index (χ1v) is 7.92. The number of nitrogens with zero attached hydrogens (tertiary/aromatic N) is 1. The number of aryl methyl sites for hydroxylation is 1. The van der Waals surface area contributed by atoms with Gasteiger partial charge in [0.1, 0.15) is 0 Å². The fourth-order valence-electron chi connectivity index (χ4n) is 2.81. The zero-order valence-corrected chi connectivity index (χ0v) is 14.2. The smallest absolute Gasteiger partial charge is 0.319 e. The second-order valence-corrected chi connectivity index (χ2v) is 6.09. The number of aromatic nitrogens is 1. The fourth-order valence-corrected chi connectivity index (χ4v) is 2.81. The van der Waals surface area contributed by atoms with Crippen molar-refractivity contribution in [1.82, 2.24) is 10.3 Å². The molecule has 0 spiro atoms. The predicted octanol–water partition coefficient (Wildman–Crippen LogP) is 3.86. The average Bonchev–Trinajstić information content (AvgIpc) is 2.95. The van der Waals surface area contributed by atoms with Crippen LogP contribution in [0.1, 0.15) is 11.3 Å². The predicted molar refractivity (Wildman–Crippen MR) is 99.7 cm³/mol. The minimum absolute atomic E-state index is 0.217. The average molecular weight is 322 g/mol. The summed E-state index contributed by atoms with van der Waals surface area (Å²) in [5, 5.41) is 6.89. The van der Waals surface area contributed by atoms with Crippen molar-refractivity contribution < 1.29 is 4.79 Å². The highest BCUT2D eigenvalue weighted by Crippen LogP contribution is 2.21. The molecule has 3 N–H and O–H groups in total. The SMILES string of the molecule is Cc1cc(NC(=O)NCc2cc3ccccc3[nH]2)ccc1N(C)C. The minimum atomic E-state index is -0.217. The number of urea groups is 1. The molecule has 0 aliphatic heterocycles. The van der Waals surface area contributed by atoms with Gasteiger partial charge in [-0.15, -0.1) is 0 Å². The van der Waals surface area contributed by atoms with Crippen molar-refractivity contribution in [2.24, 2.45) is 0 Å². The Morgan fingerprint density at radius 3 is 2.62 bits per heavy atom. The number of benzene rings is 2. The van der Waals surface area contributed by atoms with Gasteiger partial charge in [0.15, 0.2) is 0 Å². The quantitative estimate of drug-likeness (QED) is 0.683. The molecular weight excluding hydrogens is 300 g/mol. The number of rotatable bonds is 4. The number of nitrogens with one attached hydrogen (secondary N) is 3. The van der Waals surface area contributed by atoms with Crippen molar-refractivity contribution in [2.45, 2.75) is 13.5 Å². The first-order chi connectivity index (χ1) is 11.5. The molecule has 0 saturated heterocycles. The molecule has 3 aromatic rings. The molecule has 0 atom stereocenters. The Balaban J connectivity index is 1.60. The van der Waals surface area contributed by atoms with Gasteiger partial charge in [-0.1, -0.05) is 18.2 Å². The highest BCUT2D eigenvalue weighted by Gasteiger charge is 2.06. The molecular formula is C19H22N4O. The van der Waals surface area contributed by atoms with Gasteiger partial charge in [-0.25, -0.2) is 4.79 Å². The molecule has 0 aliphatic carbocycles. The lowest BCUT2D eigenvalue weighted by Gasteiger charge is -2.16. The lowest BCUT2D eigenvalue weighted by atomic mass is 10.1. The lowest BCUT2D eigenvalue weighted by molar-refractivity contribution is 0.251. The van der Waals surface area contributed by atoms with E-state index in [4.69, 9.17) is 0 Å². The first kappa shape index (κ1) is 15.9. The van der Waals surface area contributed by atoms with E-state index in [1.807, 2.05) is 69.6 Å². The second-order valence-electron chi connectivity index (χ2n) is 6.09. The zero-order valence-electron chi connectivity index (χ0n) is 14.2. The third-order valence-electron chi connectivity index (χ3n) is 3.96. The molecule has 0 bridgehead atoms. The zero-order chi connectivity index (χ0) is 17.1. The van der Waals surface area contributed by atoms with E-state index < -0.39 is 0 Å². The van der Waals surface area contributed by atoms with Crippen LogP contribution in [-0.2, 0) is 6.54 Å². The molecule has 3 rings (SSSR count). The van der Waals surface area contributed by atoms with Gasteiger partial charge < -0.3 is 20.5 Å². The van der Waals surface area contributed by atoms with Gasteiger partial charge >= 0.3 is 6.03 Å². The largest absolute Gasteiger partial charge is 0.377 e. The number of H-pyrrole nitrogens is 1. The Labute approximate surface area is 141 Å². The standard InChI is InChI=1S/C19H22N4O/c1-13-10-15(8-9-18(13)23(2)3)22-19(24)20-12-16-11-14-6-4-5-7-17(14)21-16/h4-11,21H,12H2,1-3H3,(H2,20,22,24). The summed E-state index contributed by atoms with van der Waals surface area (Å²) in [5.74, 6) is 0. The van der Waals surface area contributed by atoms with Crippen LogP contribution in [0, 0.1) is 6.92 Å². The van der Waals surface area contributed by atoms with Crippen molar-refractivity contribution in [3.63, 3.8) is 0 Å². The number of para-hydroxylation sites is 1. The number of carbonyl (C=O) groups excluding carboxylic acids is 1. The monoisotopic (exact) mass is 322 g/mol. The molecule has 5 heteroatoms. The molecule has 5 nitrogen and oxygen atoms in total. The fraction of sp³-hybridized carbons (Fsp3) is 0.211. The molecule has 1 heterocycles. The van der Waals surface area contributed by atoms with E-state index in [0.29, 0.717) is 6.54 Å². The summed E-state index contributed by atoms with van der Waals surface area (Å²) in [5.41, 5.74) is 5.09. The van der Waals surface area contributed by atoms with E-state index in [0.717, 1.165) is 33.5 Å². The Kier molecular flexibility index (Phi) is 4.42. The molecule has 0 fully saturated rings. The van der Waals surface area contributed by atoms with Gasteiger partial charge in [-0.05, 0) is 48.2 Å². The van der Waals surface area contributed by atoms with Crippen LogP contribution in [0.15, 0.2) is 48.5 Å². The van der Waals surface area contributed by atoms with Crippen LogP contribution in [0.5, 0.6) is 0 Å².